The molecule has 1 fully saturated rings. The third-order valence-electron chi connectivity index (χ3n) is 4.81. The van der Waals surface area contributed by atoms with Crippen LogP contribution in [-0.2, 0) is 0 Å². The van der Waals surface area contributed by atoms with Crippen molar-refractivity contribution in [2.24, 2.45) is 0 Å². The maximum atomic E-state index is 12.1. The minimum atomic E-state index is -0.450. The summed E-state index contributed by atoms with van der Waals surface area (Å²) < 4.78 is 0. The zero-order valence-electron chi connectivity index (χ0n) is 16.3. The number of nitro benzene ring substituents is 1. The number of amides is 1. The first-order chi connectivity index (χ1) is 13.5. The summed E-state index contributed by atoms with van der Waals surface area (Å²) in [4.78, 5) is 25.4. The molecule has 0 atom stereocenters. The van der Waals surface area contributed by atoms with Crippen LogP contribution in [0, 0.1) is 17.0 Å². The van der Waals surface area contributed by atoms with Crippen molar-refractivity contribution in [2.45, 2.75) is 32.7 Å². The van der Waals surface area contributed by atoms with Gasteiger partial charge in [-0.25, -0.2) is 0 Å². The van der Waals surface area contributed by atoms with Crippen LogP contribution in [0.4, 0.5) is 17.1 Å². The van der Waals surface area contributed by atoms with Crippen molar-refractivity contribution < 1.29 is 9.72 Å². The normalized spacial score (nSPS) is 13.1. The van der Waals surface area contributed by atoms with Gasteiger partial charge in [-0.15, -0.1) is 0 Å². The molecule has 2 aromatic rings. The molecule has 2 N–H and O–H groups in total. The van der Waals surface area contributed by atoms with Gasteiger partial charge in [-0.3, -0.25) is 14.9 Å². The zero-order chi connectivity index (χ0) is 20.1. The van der Waals surface area contributed by atoms with Gasteiger partial charge in [0, 0.05) is 43.0 Å². The summed E-state index contributed by atoms with van der Waals surface area (Å²) in [5.41, 5.74) is 2.99. The second-order valence-corrected chi connectivity index (χ2v) is 7.08. The number of carbonyl (C=O) groups is 1. The predicted molar refractivity (Wildman–Crippen MR) is 111 cm³/mol. The molecule has 0 aliphatic heterocycles. The third kappa shape index (κ3) is 5.00. The highest BCUT2D eigenvalue weighted by Gasteiger charge is 2.25. The molecular formula is C21H26N4O3. The first-order valence-electron chi connectivity index (χ1n) is 9.62. The molecule has 28 heavy (non-hydrogen) atoms. The predicted octanol–water partition coefficient (Wildman–Crippen LogP) is 3.73. The first-order valence-corrected chi connectivity index (χ1v) is 9.62. The van der Waals surface area contributed by atoms with Crippen LogP contribution >= 0.6 is 0 Å². The van der Waals surface area contributed by atoms with Crippen LogP contribution in [0.3, 0.4) is 0 Å². The Balaban J connectivity index is 1.65. The van der Waals surface area contributed by atoms with Crippen molar-refractivity contribution in [1.82, 2.24) is 5.32 Å². The van der Waals surface area contributed by atoms with E-state index in [1.165, 1.54) is 11.6 Å². The molecule has 1 saturated carbocycles. The molecule has 7 nitrogen and oxygen atoms in total. The van der Waals surface area contributed by atoms with Crippen LogP contribution in [-0.4, -0.2) is 36.5 Å². The van der Waals surface area contributed by atoms with Gasteiger partial charge in [0.1, 0.15) is 5.69 Å². The monoisotopic (exact) mass is 382 g/mol. The molecule has 7 heteroatoms. The van der Waals surface area contributed by atoms with Gasteiger partial charge >= 0.3 is 0 Å². The number of nitro groups is 1. The summed E-state index contributed by atoms with van der Waals surface area (Å²) in [7, 11) is 0. The molecule has 0 bridgehead atoms. The number of benzene rings is 2. The SMILES string of the molecule is CCN(CCNc1ccc(C(=O)NC2CC2)cc1[N+](=O)[O-])c1cccc(C)c1. The van der Waals surface area contributed by atoms with Gasteiger partial charge < -0.3 is 15.5 Å². The molecule has 148 valence electrons. The molecule has 0 saturated heterocycles. The van der Waals surface area contributed by atoms with Gasteiger partial charge in [0.2, 0.25) is 0 Å². The molecular weight excluding hydrogens is 356 g/mol. The molecule has 1 aliphatic rings. The van der Waals surface area contributed by atoms with Gasteiger partial charge in [0.25, 0.3) is 11.6 Å². The molecule has 0 radical (unpaired) electrons. The minimum Gasteiger partial charge on any atom is -0.378 e. The number of hydrogen-bond donors (Lipinski definition) is 2. The standard InChI is InChI=1S/C21H26N4O3/c1-3-24(18-6-4-5-15(2)13-18)12-11-22-19-10-7-16(14-20(19)25(27)28)21(26)23-17-8-9-17/h4-7,10,13-14,17,22H,3,8-9,11-12H2,1-2H3,(H,23,26). The van der Waals surface area contributed by atoms with E-state index in [4.69, 9.17) is 0 Å². The number of carbonyl (C=O) groups excluding carboxylic acids is 1. The molecule has 0 heterocycles. The van der Waals surface area contributed by atoms with Crippen LogP contribution in [0.25, 0.3) is 0 Å². The van der Waals surface area contributed by atoms with Crippen molar-refractivity contribution in [1.29, 1.82) is 0 Å². The Bertz CT molecular complexity index is 864. The lowest BCUT2D eigenvalue weighted by Crippen LogP contribution is -2.29. The van der Waals surface area contributed by atoms with Crippen molar-refractivity contribution in [3.8, 4) is 0 Å². The highest BCUT2D eigenvalue weighted by molar-refractivity contribution is 5.96. The maximum Gasteiger partial charge on any atom is 0.293 e. The summed E-state index contributed by atoms with van der Waals surface area (Å²) in [5, 5.41) is 17.5. The van der Waals surface area contributed by atoms with E-state index in [-0.39, 0.29) is 17.6 Å². The summed E-state index contributed by atoms with van der Waals surface area (Å²) in [6.45, 7) is 6.24. The molecule has 0 spiro atoms. The van der Waals surface area contributed by atoms with Crippen LogP contribution in [0.2, 0.25) is 0 Å². The van der Waals surface area contributed by atoms with Gasteiger partial charge in [0.05, 0.1) is 4.92 Å². The van der Waals surface area contributed by atoms with Crippen LogP contribution in [0.1, 0.15) is 35.7 Å². The summed E-state index contributed by atoms with van der Waals surface area (Å²) in [6.07, 6.45) is 1.95. The zero-order valence-corrected chi connectivity index (χ0v) is 16.3. The molecule has 1 amide bonds. The summed E-state index contributed by atoms with van der Waals surface area (Å²) in [6, 6.07) is 13.1. The second kappa shape index (κ2) is 8.73. The summed E-state index contributed by atoms with van der Waals surface area (Å²) >= 11 is 0. The fraction of sp³-hybridized carbons (Fsp3) is 0.381. The van der Waals surface area contributed by atoms with E-state index in [2.05, 4.69) is 47.6 Å². The topological polar surface area (TPSA) is 87.5 Å². The quantitative estimate of drug-likeness (QED) is 0.510. The van der Waals surface area contributed by atoms with Crippen LogP contribution < -0.4 is 15.5 Å². The molecule has 1 aliphatic carbocycles. The Kier molecular flexibility index (Phi) is 6.13. The Morgan fingerprint density at radius 3 is 2.68 bits per heavy atom. The maximum absolute atomic E-state index is 12.1. The van der Waals surface area contributed by atoms with Crippen molar-refractivity contribution in [3.05, 3.63) is 63.7 Å². The van der Waals surface area contributed by atoms with E-state index in [1.807, 2.05) is 6.07 Å². The van der Waals surface area contributed by atoms with Crippen LogP contribution in [0.5, 0.6) is 0 Å². The third-order valence-corrected chi connectivity index (χ3v) is 4.81. The summed E-state index contributed by atoms with van der Waals surface area (Å²) in [5.74, 6) is -0.256. The van der Waals surface area contributed by atoms with Crippen LogP contribution in [0.15, 0.2) is 42.5 Å². The van der Waals surface area contributed by atoms with Gasteiger partial charge in [-0.1, -0.05) is 12.1 Å². The highest BCUT2D eigenvalue weighted by Crippen LogP contribution is 2.26. The molecule has 3 rings (SSSR count). The van der Waals surface area contributed by atoms with Gasteiger partial charge in [-0.05, 0) is 56.5 Å². The van der Waals surface area contributed by atoms with E-state index in [1.54, 1.807) is 12.1 Å². The van der Waals surface area contributed by atoms with E-state index >= 15 is 0 Å². The fourth-order valence-corrected chi connectivity index (χ4v) is 3.09. The molecule has 0 aromatic heterocycles. The van der Waals surface area contributed by atoms with Gasteiger partial charge in [-0.2, -0.15) is 0 Å². The lowest BCUT2D eigenvalue weighted by molar-refractivity contribution is -0.384. The van der Waals surface area contributed by atoms with E-state index in [0.717, 1.165) is 25.1 Å². The molecule has 2 aromatic carbocycles. The fourth-order valence-electron chi connectivity index (χ4n) is 3.09. The number of rotatable bonds is 9. The number of anilines is 2. The van der Waals surface area contributed by atoms with Crippen molar-refractivity contribution in [3.63, 3.8) is 0 Å². The van der Waals surface area contributed by atoms with Gasteiger partial charge in [0.15, 0.2) is 0 Å². The smallest absolute Gasteiger partial charge is 0.293 e. The Hall–Kier alpha value is -3.09. The Morgan fingerprint density at radius 1 is 1.25 bits per heavy atom. The Labute approximate surface area is 164 Å². The number of likely N-dealkylation sites (N-methyl/N-ethyl adjacent to an activating group) is 1. The highest BCUT2D eigenvalue weighted by atomic mass is 16.6. The average molecular weight is 382 g/mol. The lowest BCUT2D eigenvalue weighted by atomic mass is 10.1. The second-order valence-electron chi connectivity index (χ2n) is 7.08. The van der Waals surface area contributed by atoms with E-state index in [0.29, 0.717) is 24.3 Å². The molecule has 0 unspecified atom stereocenters. The van der Waals surface area contributed by atoms with E-state index < -0.39 is 4.92 Å². The number of hydrogen-bond acceptors (Lipinski definition) is 5. The number of aryl methyl sites for hydroxylation is 1. The first kappa shape index (κ1) is 19.7. The minimum absolute atomic E-state index is 0.0814. The van der Waals surface area contributed by atoms with Crippen molar-refractivity contribution >= 4 is 23.0 Å². The Morgan fingerprint density at radius 2 is 2.04 bits per heavy atom. The number of nitrogens with zero attached hydrogens (tertiary/aromatic N) is 2. The number of nitrogens with one attached hydrogen (secondary N) is 2. The largest absolute Gasteiger partial charge is 0.378 e. The van der Waals surface area contributed by atoms with E-state index in [9.17, 15) is 14.9 Å². The van der Waals surface area contributed by atoms with Crippen molar-refractivity contribution in [2.75, 3.05) is 29.9 Å². The average Bonchev–Trinajstić information content (AvgIpc) is 3.49. The lowest BCUT2D eigenvalue weighted by Gasteiger charge is -2.24.